The van der Waals surface area contributed by atoms with Crippen molar-refractivity contribution in [1.29, 1.82) is 0 Å². The lowest BCUT2D eigenvalue weighted by Crippen LogP contribution is -1.86. The van der Waals surface area contributed by atoms with Gasteiger partial charge in [0.1, 0.15) is 5.82 Å². The third-order valence-corrected chi connectivity index (χ3v) is 0.915. The van der Waals surface area contributed by atoms with Gasteiger partial charge in [-0.2, -0.15) is 0 Å². The summed E-state index contributed by atoms with van der Waals surface area (Å²) < 4.78 is 0. The predicted molar refractivity (Wildman–Crippen MR) is 41.7 cm³/mol. The third-order valence-electron chi connectivity index (χ3n) is 0.915. The van der Waals surface area contributed by atoms with Crippen LogP contribution in [0, 0.1) is 13.8 Å². The second kappa shape index (κ2) is 5.82. The Bertz CT molecular complexity index is 190. The zero-order chi connectivity index (χ0) is 8.69. The second-order valence-corrected chi connectivity index (χ2v) is 1.86. The highest BCUT2D eigenvalue weighted by atomic mass is 16.4. The maximum Gasteiger partial charge on any atom is 0.482 e. The number of hydrogen-bond acceptors (Lipinski definition) is 4. The van der Waals surface area contributed by atoms with Crippen LogP contribution in [0.1, 0.15) is 11.5 Å². The summed E-state index contributed by atoms with van der Waals surface area (Å²) in [5.41, 5.74) is 1.03. The Morgan fingerprint density at radius 3 is 2.18 bits per heavy atom. The molecule has 11 heavy (non-hydrogen) atoms. The molecule has 0 amide bonds. The molecule has 0 saturated heterocycles. The van der Waals surface area contributed by atoms with E-state index < -0.39 is 0 Å². The van der Waals surface area contributed by atoms with Gasteiger partial charge < -0.3 is 10.0 Å². The molecular formula is C6H10BN2O2. The number of rotatable bonds is 0. The maximum absolute atomic E-state index is 7.00. The van der Waals surface area contributed by atoms with Crippen molar-refractivity contribution in [3.05, 3.63) is 23.8 Å². The van der Waals surface area contributed by atoms with E-state index in [1.165, 1.54) is 0 Å². The van der Waals surface area contributed by atoms with Gasteiger partial charge in [-0.25, -0.2) is 9.97 Å². The highest BCUT2D eigenvalue weighted by molar-refractivity contribution is 6.13. The van der Waals surface area contributed by atoms with Crippen molar-refractivity contribution in [2.75, 3.05) is 0 Å². The molecule has 0 aliphatic rings. The maximum atomic E-state index is 7.00. The molecule has 59 valence electrons. The quantitative estimate of drug-likeness (QED) is 0.497. The van der Waals surface area contributed by atoms with Crippen molar-refractivity contribution in [3.8, 4) is 0 Å². The van der Waals surface area contributed by atoms with E-state index in [0.717, 1.165) is 11.5 Å². The molecule has 0 aliphatic carbocycles. The van der Waals surface area contributed by atoms with Crippen LogP contribution in [0.25, 0.3) is 0 Å². The first-order chi connectivity index (χ1) is 5.20. The van der Waals surface area contributed by atoms with Crippen LogP contribution in [0.15, 0.2) is 12.3 Å². The predicted octanol–water partition coefficient (Wildman–Crippen LogP) is -0.401. The summed E-state index contributed by atoms with van der Waals surface area (Å²) in [7, 11) is 0. The third kappa shape index (κ3) is 5.51. The lowest BCUT2D eigenvalue weighted by molar-refractivity contribution is 0.448. The molecule has 5 heteroatoms. The minimum absolute atomic E-state index is 0. The van der Waals surface area contributed by atoms with Gasteiger partial charge in [-0.15, -0.1) is 0 Å². The first-order valence-corrected chi connectivity index (χ1v) is 3.07. The molecule has 0 bridgehead atoms. The van der Waals surface area contributed by atoms with Gasteiger partial charge >= 0.3 is 7.69 Å². The first-order valence-electron chi connectivity index (χ1n) is 3.07. The summed E-state index contributed by atoms with van der Waals surface area (Å²) in [6.07, 6.45) is 1.76. The Kier molecular flexibility index (Phi) is 5.33. The molecule has 0 aromatic carbocycles. The summed E-state index contributed by atoms with van der Waals surface area (Å²) in [5.74, 6) is 0.838. The minimum atomic E-state index is 0. The first kappa shape index (κ1) is 10.1. The van der Waals surface area contributed by atoms with E-state index in [1.807, 2.05) is 19.9 Å². The molecule has 4 nitrogen and oxygen atoms in total. The monoisotopic (exact) mass is 153 g/mol. The Hall–Kier alpha value is -0.935. The SMILES string of the molecule is Cc1ccnc(C)n1.O[B]O. The van der Waals surface area contributed by atoms with Crippen molar-refractivity contribution < 1.29 is 10.0 Å². The summed E-state index contributed by atoms with van der Waals surface area (Å²) in [6.45, 7) is 3.84. The summed E-state index contributed by atoms with van der Waals surface area (Å²) in [4.78, 5) is 7.99. The number of aryl methyl sites for hydroxylation is 2. The smallest absolute Gasteiger partial charge is 0.429 e. The zero-order valence-corrected chi connectivity index (χ0v) is 6.52. The molecule has 0 unspecified atom stereocenters. The Morgan fingerprint density at radius 1 is 1.36 bits per heavy atom. The number of aromatic nitrogens is 2. The van der Waals surface area contributed by atoms with Crippen molar-refractivity contribution in [3.63, 3.8) is 0 Å². The standard InChI is InChI=1S/C6H8N2.BH2O2/c1-5-3-4-7-6(2)8-5;2-1-3/h3-4H,1-2H3;2-3H. The zero-order valence-electron chi connectivity index (χ0n) is 6.52. The van der Waals surface area contributed by atoms with Crippen molar-refractivity contribution in [2.24, 2.45) is 0 Å². The molecule has 0 fully saturated rings. The molecule has 0 aliphatic heterocycles. The number of hydrogen-bond donors (Lipinski definition) is 2. The van der Waals surface area contributed by atoms with Gasteiger partial charge in [-0.05, 0) is 19.9 Å². The van der Waals surface area contributed by atoms with Crippen LogP contribution in [-0.4, -0.2) is 27.7 Å². The highest BCUT2D eigenvalue weighted by Gasteiger charge is 1.83. The average Bonchev–Trinajstić information content (AvgIpc) is 1.88. The Morgan fingerprint density at radius 2 is 1.91 bits per heavy atom. The van der Waals surface area contributed by atoms with E-state index in [2.05, 4.69) is 9.97 Å². The van der Waals surface area contributed by atoms with E-state index in [0.29, 0.717) is 0 Å². The van der Waals surface area contributed by atoms with Crippen molar-refractivity contribution >= 4 is 7.69 Å². The summed E-state index contributed by atoms with van der Waals surface area (Å²) in [6, 6.07) is 1.88. The fourth-order valence-corrected chi connectivity index (χ4v) is 0.574. The van der Waals surface area contributed by atoms with Gasteiger partial charge in [0.2, 0.25) is 0 Å². The molecule has 1 rings (SSSR count). The van der Waals surface area contributed by atoms with Crippen LogP contribution < -0.4 is 0 Å². The highest BCUT2D eigenvalue weighted by Crippen LogP contribution is 1.88. The van der Waals surface area contributed by atoms with Gasteiger partial charge in [0.25, 0.3) is 0 Å². The summed E-state index contributed by atoms with van der Waals surface area (Å²) in [5, 5.41) is 14.0. The molecule has 0 atom stereocenters. The van der Waals surface area contributed by atoms with E-state index >= 15 is 0 Å². The molecule has 0 saturated carbocycles. The number of nitrogens with zero attached hydrogens (tertiary/aromatic N) is 2. The van der Waals surface area contributed by atoms with Crippen molar-refractivity contribution in [2.45, 2.75) is 13.8 Å². The van der Waals surface area contributed by atoms with Crippen LogP contribution in [0.3, 0.4) is 0 Å². The van der Waals surface area contributed by atoms with Gasteiger partial charge in [0.05, 0.1) is 0 Å². The van der Waals surface area contributed by atoms with Gasteiger partial charge in [0.15, 0.2) is 0 Å². The van der Waals surface area contributed by atoms with Crippen LogP contribution in [-0.2, 0) is 0 Å². The molecule has 1 heterocycles. The van der Waals surface area contributed by atoms with E-state index in [9.17, 15) is 0 Å². The molecule has 0 spiro atoms. The molecule has 1 radical (unpaired) electrons. The average molecular weight is 153 g/mol. The van der Waals surface area contributed by atoms with Crippen LogP contribution in [0.2, 0.25) is 0 Å². The van der Waals surface area contributed by atoms with Gasteiger partial charge in [0, 0.05) is 11.9 Å². The van der Waals surface area contributed by atoms with Gasteiger partial charge in [-0.3, -0.25) is 0 Å². The van der Waals surface area contributed by atoms with Crippen LogP contribution in [0.4, 0.5) is 0 Å². The van der Waals surface area contributed by atoms with Crippen LogP contribution >= 0.6 is 0 Å². The lowest BCUT2D eigenvalue weighted by Gasteiger charge is -1.89. The van der Waals surface area contributed by atoms with Crippen LogP contribution in [0.5, 0.6) is 0 Å². The topological polar surface area (TPSA) is 66.2 Å². The largest absolute Gasteiger partial charge is 0.482 e. The molecule has 1 aromatic heterocycles. The fraction of sp³-hybridized carbons (Fsp3) is 0.333. The van der Waals surface area contributed by atoms with Gasteiger partial charge in [-0.1, -0.05) is 0 Å². The summed E-state index contributed by atoms with van der Waals surface area (Å²) >= 11 is 0. The normalized spacial score (nSPS) is 8.00. The Labute approximate surface area is 66.3 Å². The lowest BCUT2D eigenvalue weighted by atomic mass is 10.4. The second-order valence-electron chi connectivity index (χ2n) is 1.86. The van der Waals surface area contributed by atoms with E-state index in [4.69, 9.17) is 10.0 Å². The Balaban J connectivity index is 0.000000292. The minimum Gasteiger partial charge on any atom is -0.429 e. The van der Waals surface area contributed by atoms with E-state index in [-0.39, 0.29) is 7.69 Å². The van der Waals surface area contributed by atoms with E-state index in [1.54, 1.807) is 6.20 Å². The molecule has 2 N–H and O–H groups in total. The fourth-order valence-electron chi connectivity index (χ4n) is 0.574. The molecule has 1 aromatic rings. The van der Waals surface area contributed by atoms with Crippen molar-refractivity contribution in [1.82, 2.24) is 9.97 Å². The molecular weight excluding hydrogens is 143 g/mol.